The van der Waals surface area contributed by atoms with Gasteiger partial charge < -0.3 is 9.42 Å². The number of carbonyl (C=O) groups is 1. The van der Waals surface area contributed by atoms with Crippen molar-refractivity contribution in [2.75, 3.05) is 7.05 Å². The number of hydrogen-bond acceptors (Lipinski definition) is 5. The molecule has 3 rings (SSSR count). The summed E-state index contributed by atoms with van der Waals surface area (Å²) in [6.45, 7) is 4.47. The Balaban J connectivity index is 1.74. The van der Waals surface area contributed by atoms with Crippen LogP contribution in [0.15, 0.2) is 62.4 Å². The highest BCUT2D eigenvalue weighted by Crippen LogP contribution is 2.27. The topological polar surface area (TPSA) is 59.2 Å². The second kappa shape index (κ2) is 8.71. The highest BCUT2D eigenvalue weighted by molar-refractivity contribution is 9.10. The molecule has 7 heteroatoms. The summed E-state index contributed by atoms with van der Waals surface area (Å²) in [5, 5.41) is 4.42. The van der Waals surface area contributed by atoms with E-state index in [1.54, 1.807) is 23.7 Å². The third-order valence-electron chi connectivity index (χ3n) is 3.75. The van der Waals surface area contributed by atoms with Gasteiger partial charge in [-0.05, 0) is 24.3 Å². The van der Waals surface area contributed by atoms with Gasteiger partial charge in [-0.25, -0.2) is 0 Å². The molecule has 1 heterocycles. The van der Waals surface area contributed by atoms with Crippen LogP contribution in [0, 0.1) is 0 Å². The molecule has 0 radical (unpaired) electrons. The first-order valence-corrected chi connectivity index (χ1v) is 10.2. The molecule has 2 aromatic carbocycles. The molecule has 1 aromatic heterocycles. The van der Waals surface area contributed by atoms with Crippen LogP contribution in [-0.4, -0.2) is 33.2 Å². The van der Waals surface area contributed by atoms with Gasteiger partial charge in [0.15, 0.2) is 0 Å². The standard InChI is InChI=1S/C20H20BrN3O2S/c1-13(2)27-17-10-5-4-9-16(17)20(25)24(3)12-18-22-19(23-26-18)14-7-6-8-15(21)11-14/h4-11,13H,12H2,1-3H3. The third kappa shape index (κ3) is 4.99. The predicted octanol–water partition coefficient (Wildman–Crippen LogP) is 5.27. The van der Waals surface area contributed by atoms with E-state index in [9.17, 15) is 4.79 Å². The van der Waals surface area contributed by atoms with E-state index in [0.29, 0.717) is 22.5 Å². The Morgan fingerprint density at radius 1 is 1.22 bits per heavy atom. The first kappa shape index (κ1) is 19.6. The number of aromatic nitrogens is 2. The van der Waals surface area contributed by atoms with Crippen LogP contribution >= 0.6 is 27.7 Å². The molecule has 0 saturated carbocycles. The van der Waals surface area contributed by atoms with Gasteiger partial charge in [-0.15, -0.1) is 11.8 Å². The van der Waals surface area contributed by atoms with Crippen molar-refractivity contribution in [1.29, 1.82) is 0 Å². The summed E-state index contributed by atoms with van der Waals surface area (Å²) in [4.78, 5) is 19.9. The number of hydrogen-bond donors (Lipinski definition) is 0. The molecule has 3 aromatic rings. The van der Waals surface area contributed by atoms with Crippen LogP contribution in [0.5, 0.6) is 0 Å². The van der Waals surface area contributed by atoms with E-state index in [0.717, 1.165) is 14.9 Å². The minimum absolute atomic E-state index is 0.0686. The van der Waals surface area contributed by atoms with Crippen molar-refractivity contribution in [1.82, 2.24) is 15.0 Å². The largest absolute Gasteiger partial charge is 0.337 e. The van der Waals surface area contributed by atoms with Crippen molar-refractivity contribution >= 4 is 33.6 Å². The Labute approximate surface area is 171 Å². The molecule has 0 fully saturated rings. The van der Waals surface area contributed by atoms with Crippen LogP contribution in [0.4, 0.5) is 0 Å². The molecule has 0 unspecified atom stereocenters. The van der Waals surface area contributed by atoms with Gasteiger partial charge >= 0.3 is 0 Å². The van der Waals surface area contributed by atoms with Gasteiger partial charge in [-0.3, -0.25) is 4.79 Å². The fraction of sp³-hybridized carbons (Fsp3) is 0.250. The monoisotopic (exact) mass is 445 g/mol. The fourth-order valence-corrected chi connectivity index (χ4v) is 3.89. The molecular weight excluding hydrogens is 426 g/mol. The maximum Gasteiger partial charge on any atom is 0.255 e. The van der Waals surface area contributed by atoms with Crippen molar-refractivity contribution in [3.05, 3.63) is 64.5 Å². The Morgan fingerprint density at radius 3 is 2.74 bits per heavy atom. The zero-order valence-corrected chi connectivity index (χ0v) is 17.8. The van der Waals surface area contributed by atoms with Crippen molar-refractivity contribution < 1.29 is 9.32 Å². The molecular formula is C20H20BrN3O2S. The van der Waals surface area contributed by atoms with Crippen molar-refractivity contribution in [2.24, 2.45) is 0 Å². The molecule has 140 valence electrons. The van der Waals surface area contributed by atoms with Gasteiger partial charge in [-0.2, -0.15) is 4.98 Å². The van der Waals surface area contributed by atoms with Crippen LogP contribution < -0.4 is 0 Å². The van der Waals surface area contributed by atoms with Crippen LogP contribution in [0.3, 0.4) is 0 Å². The zero-order chi connectivity index (χ0) is 19.4. The number of benzene rings is 2. The molecule has 0 bridgehead atoms. The number of amides is 1. The Bertz CT molecular complexity index is 942. The average Bonchev–Trinajstić information content (AvgIpc) is 3.09. The summed E-state index contributed by atoms with van der Waals surface area (Å²) in [6.07, 6.45) is 0. The van der Waals surface area contributed by atoms with Crippen molar-refractivity contribution in [2.45, 2.75) is 30.5 Å². The minimum Gasteiger partial charge on any atom is -0.337 e. The number of rotatable bonds is 6. The lowest BCUT2D eigenvalue weighted by molar-refractivity contribution is 0.0766. The highest BCUT2D eigenvalue weighted by atomic mass is 79.9. The van der Waals surface area contributed by atoms with Crippen molar-refractivity contribution in [3.63, 3.8) is 0 Å². The SMILES string of the molecule is CC(C)Sc1ccccc1C(=O)N(C)Cc1nc(-c2cccc(Br)c2)no1. The van der Waals surface area contributed by atoms with E-state index in [1.807, 2.05) is 48.5 Å². The Morgan fingerprint density at radius 2 is 2.00 bits per heavy atom. The number of nitrogens with zero attached hydrogens (tertiary/aromatic N) is 3. The summed E-state index contributed by atoms with van der Waals surface area (Å²) < 4.78 is 6.28. The molecule has 0 N–H and O–H groups in total. The molecule has 0 aliphatic carbocycles. The normalized spacial score (nSPS) is 11.0. The van der Waals surface area contributed by atoms with Crippen LogP contribution in [0.25, 0.3) is 11.4 Å². The first-order valence-electron chi connectivity index (χ1n) is 8.53. The van der Waals surface area contributed by atoms with Gasteiger partial charge in [0.25, 0.3) is 5.91 Å². The van der Waals surface area contributed by atoms with Gasteiger partial charge in [0.2, 0.25) is 11.7 Å². The van der Waals surface area contributed by atoms with Crippen molar-refractivity contribution in [3.8, 4) is 11.4 Å². The highest BCUT2D eigenvalue weighted by Gasteiger charge is 2.19. The van der Waals surface area contributed by atoms with E-state index in [-0.39, 0.29) is 12.5 Å². The maximum absolute atomic E-state index is 12.9. The van der Waals surface area contributed by atoms with Crippen LogP contribution in [-0.2, 0) is 6.54 Å². The molecule has 0 atom stereocenters. The summed E-state index contributed by atoms with van der Waals surface area (Å²) in [6, 6.07) is 15.3. The molecule has 0 aliphatic heterocycles. The van der Waals surface area contributed by atoms with Crippen LogP contribution in [0.2, 0.25) is 0 Å². The summed E-state index contributed by atoms with van der Waals surface area (Å²) in [5.41, 5.74) is 1.54. The number of carbonyl (C=O) groups excluding carboxylic acids is 1. The third-order valence-corrected chi connectivity index (χ3v) is 5.32. The number of halogens is 1. The Hall–Kier alpha value is -2.12. The molecule has 0 saturated heterocycles. The predicted molar refractivity (Wildman–Crippen MR) is 111 cm³/mol. The quantitative estimate of drug-likeness (QED) is 0.483. The maximum atomic E-state index is 12.9. The lowest BCUT2D eigenvalue weighted by Crippen LogP contribution is -2.26. The average molecular weight is 446 g/mol. The lowest BCUT2D eigenvalue weighted by Gasteiger charge is -2.17. The second-order valence-corrected chi connectivity index (χ2v) is 8.88. The van der Waals surface area contributed by atoms with Gasteiger partial charge in [-0.1, -0.05) is 59.2 Å². The minimum atomic E-state index is -0.0686. The summed E-state index contributed by atoms with van der Waals surface area (Å²) >= 11 is 5.11. The van der Waals surface area contributed by atoms with E-state index >= 15 is 0 Å². The van der Waals surface area contributed by atoms with E-state index in [4.69, 9.17) is 4.52 Å². The molecule has 0 aliphatic rings. The molecule has 0 spiro atoms. The molecule has 5 nitrogen and oxygen atoms in total. The van der Waals surface area contributed by atoms with Gasteiger partial charge in [0.05, 0.1) is 12.1 Å². The summed E-state index contributed by atoms with van der Waals surface area (Å²) in [7, 11) is 1.74. The molecule has 27 heavy (non-hydrogen) atoms. The Kier molecular flexibility index (Phi) is 6.34. The molecule has 1 amide bonds. The van der Waals surface area contributed by atoms with Gasteiger partial charge in [0, 0.05) is 27.2 Å². The van der Waals surface area contributed by atoms with E-state index in [2.05, 4.69) is 39.9 Å². The zero-order valence-electron chi connectivity index (χ0n) is 15.3. The fourth-order valence-electron chi connectivity index (χ4n) is 2.54. The summed E-state index contributed by atoms with van der Waals surface area (Å²) in [5.74, 6) is 0.832. The van der Waals surface area contributed by atoms with Crippen LogP contribution in [0.1, 0.15) is 30.1 Å². The second-order valence-electron chi connectivity index (χ2n) is 6.35. The van der Waals surface area contributed by atoms with E-state index in [1.165, 1.54) is 0 Å². The lowest BCUT2D eigenvalue weighted by atomic mass is 10.2. The smallest absolute Gasteiger partial charge is 0.255 e. The van der Waals surface area contributed by atoms with E-state index < -0.39 is 0 Å². The number of thioether (sulfide) groups is 1. The van der Waals surface area contributed by atoms with Gasteiger partial charge in [0.1, 0.15) is 0 Å². The first-order chi connectivity index (χ1) is 12.9.